The van der Waals surface area contributed by atoms with Crippen molar-refractivity contribution in [3.63, 3.8) is 0 Å². The van der Waals surface area contributed by atoms with Crippen LogP contribution in [0.1, 0.15) is 11.9 Å². The van der Waals surface area contributed by atoms with Crippen LogP contribution in [-0.4, -0.2) is 34.5 Å². The summed E-state index contributed by atoms with van der Waals surface area (Å²) in [6.07, 6.45) is 1.63. The van der Waals surface area contributed by atoms with Crippen LogP contribution in [0, 0.1) is 11.3 Å². The number of thioether (sulfide) groups is 1. The van der Waals surface area contributed by atoms with Gasteiger partial charge < -0.3 is 5.11 Å². The summed E-state index contributed by atoms with van der Waals surface area (Å²) < 4.78 is 4.24. The maximum atomic E-state index is 13.0. The van der Waals surface area contributed by atoms with Gasteiger partial charge in [-0.1, -0.05) is 42.1 Å². The molecule has 2 aromatic carbocycles. The van der Waals surface area contributed by atoms with Gasteiger partial charge in [0.15, 0.2) is 5.16 Å². The van der Waals surface area contributed by atoms with Crippen molar-refractivity contribution < 1.29 is 5.11 Å². The zero-order valence-electron chi connectivity index (χ0n) is 18.0. The molecule has 1 atom stereocenters. The summed E-state index contributed by atoms with van der Waals surface area (Å²) in [6.45, 7) is 5.81. The van der Waals surface area contributed by atoms with E-state index in [1.54, 1.807) is 29.5 Å². The molecule has 0 spiro atoms. The predicted octanol–water partition coefficient (Wildman–Crippen LogP) is 4.81. The number of aromatic nitrogens is 5. The summed E-state index contributed by atoms with van der Waals surface area (Å²) in [5.74, 6) is 0.292. The molecular weight excluding hydrogens is 468 g/mol. The Kier molecular flexibility index (Phi) is 5.65. The fraction of sp³-hybridized carbons (Fsp3) is 0.125. The zero-order valence-corrected chi connectivity index (χ0v) is 19.7. The van der Waals surface area contributed by atoms with Crippen LogP contribution in [0.5, 0.6) is 0 Å². The SMILES string of the molecule is C=CCn1c(=O)c2ccccc2n2c(SC(C)/C(O)=C(\C#N)c3nc4ccccc4s3)nnc12. The van der Waals surface area contributed by atoms with Crippen molar-refractivity contribution in [3.8, 4) is 6.07 Å². The Balaban J connectivity index is 1.60. The predicted molar refractivity (Wildman–Crippen MR) is 135 cm³/mol. The van der Waals surface area contributed by atoms with Crippen LogP contribution in [0.15, 0.2) is 76.9 Å². The lowest BCUT2D eigenvalue weighted by atomic mass is 10.2. The number of nitrogens with zero attached hydrogens (tertiary/aromatic N) is 6. The first kappa shape index (κ1) is 21.9. The van der Waals surface area contributed by atoms with Crippen molar-refractivity contribution >= 4 is 55.6 Å². The van der Waals surface area contributed by atoms with E-state index in [2.05, 4.69) is 27.8 Å². The Hall–Kier alpha value is -3.94. The number of para-hydroxylation sites is 2. The topological polar surface area (TPSA) is 109 Å². The summed E-state index contributed by atoms with van der Waals surface area (Å²) in [4.78, 5) is 17.5. The molecule has 0 radical (unpaired) electrons. The fourth-order valence-electron chi connectivity index (χ4n) is 3.71. The summed E-state index contributed by atoms with van der Waals surface area (Å²) in [6, 6.07) is 16.9. The molecule has 0 saturated heterocycles. The summed E-state index contributed by atoms with van der Waals surface area (Å²) in [5, 5.41) is 30.3. The van der Waals surface area contributed by atoms with Gasteiger partial charge in [-0.25, -0.2) is 4.98 Å². The Morgan fingerprint density at radius 2 is 2.03 bits per heavy atom. The number of rotatable bonds is 6. The molecule has 0 bridgehead atoms. The number of benzene rings is 2. The smallest absolute Gasteiger partial charge is 0.263 e. The van der Waals surface area contributed by atoms with Gasteiger partial charge in [0.25, 0.3) is 5.56 Å². The van der Waals surface area contributed by atoms with Crippen molar-refractivity contribution in [1.29, 1.82) is 5.26 Å². The highest BCUT2D eigenvalue weighted by atomic mass is 32.2. The van der Waals surface area contributed by atoms with Gasteiger partial charge in [-0.3, -0.25) is 13.8 Å². The molecule has 0 aliphatic rings. The normalized spacial score (nSPS) is 13.2. The first-order chi connectivity index (χ1) is 16.5. The van der Waals surface area contributed by atoms with Crippen LogP contribution >= 0.6 is 23.1 Å². The van der Waals surface area contributed by atoms with E-state index in [9.17, 15) is 15.2 Å². The Bertz CT molecular complexity index is 1670. The summed E-state index contributed by atoms with van der Waals surface area (Å²) in [5.41, 5.74) is 1.39. The fourth-order valence-corrected chi connectivity index (χ4v) is 5.60. The number of aliphatic hydroxyl groups is 1. The van der Waals surface area contributed by atoms with Crippen molar-refractivity contribution in [2.75, 3.05) is 0 Å². The average molecular weight is 487 g/mol. The van der Waals surface area contributed by atoms with E-state index in [1.807, 2.05) is 36.4 Å². The molecule has 34 heavy (non-hydrogen) atoms. The summed E-state index contributed by atoms with van der Waals surface area (Å²) >= 11 is 2.60. The van der Waals surface area contributed by atoms with Gasteiger partial charge in [0, 0.05) is 6.54 Å². The van der Waals surface area contributed by atoms with Gasteiger partial charge >= 0.3 is 0 Å². The quantitative estimate of drug-likeness (QED) is 0.159. The molecule has 1 N–H and O–H groups in total. The van der Waals surface area contributed by atoms with E-state index >= 15 is 0 Å². The summed E-state index contributed by atoms with van der Waals surface area (Å²) in [7, 11) is 0. The van der Waals surface area contributed by atoms with E-state index in [0.29, 0.717) is 26.8 Å². The average Bonchev–Trinajstić information content (AvgIpc) is 3.46. The third-order valence-corrected chi connectivity index (χ3v) is 7.44. The molecule has 3 aromatic heterocycles. The lowest BCUT2D eigenvalue weighted by molar-refractivity contribution is 0.402. The molecule has 0 amide bonds. The number of fused-ring (bicyclic) bond motifs is 4. The van der Waals surface area contributed by atoms with Gasteiger partial charge in [0.1, 0.15) is 22.4 Å². The first-order valence-electron chi connectivity index (χ1n) is 10.4. The molecule has 5 rings (SSSR count). The van der Waals surface area contributed by atoms with E-state index in [1.165, 1.54) is 27.7 Å². The second-order valence-corrected chi connectivity index (χ2v) is 9.80. The van der Waals surface area contributed by atoms with Crippen LogP contribution in [0.4, 0.5) is 0 Å². The first-order valence-corrected chi connectivity index (χ1v) is 12.1. The van der Waals surface area contributed by atoms with E-state index in [0.717, 1.165) is 10.2 Å². The van der Waals surface area contributed by atoms with Crippen LogP contribution < -0.4 is 5.56 Å². The molecule has 5 aromatic rings. The van der Waals surface area contributed by atoms with Crippen molar-refractivity contribution in [1.82, 2.24) is 24.1 Å². The van der Waals surface area contributed by atoms with Crippen LogP contribution in [0.2, 0.25) is 0 Å². The minimum Gasteiger partial charge on any atom is -0.510 e. The van der Waals surface area contributed by atoms with Crippen molar-refractivity contribution in [2.24, 2.45) is 0 Å². The highest BCUT2D eigenvalue weighted by Gasteiger charge is 2.23. The molecule has 8 nitrogen and oxygen atoms in total. The van der Waals surface area contributed by atoms with E-state index in [-0.39, 0.29) is 23.4 Å². The van der Waals surface area contributed by atoms with Crippen LogP contribution in [-0.2, 0) is 6.54 Å². The van der Waals surface area contributed by atoms with Gasteiger partial charge in [-0.15, -0.1) is 28.1 Å². The zero-order chi connectivity index (χ0) is 23.8. The number of hydrogen-bond donors (Lipinski definition) is 1. The molecular formula is C24H18N6O2S2. The van der Waals surface area contributed by atoms with Crippen LogP contribution in [0.3, 0.4) is 0 Å². The minimum absolute atomic E-state index is 0.0907. The Labute approximate surface area is 202 Å². The standard InChI is InChI=1S/C24H18N6O2S2/c1-3-12-29-22(32)15-8-4-6-10-18(15)30-23(29)27-28-24(30)33-14(2)20(31)16(13-25)21-26-17-9-5-7-11-19(17)34-21/h3-11,14,31H,1,12H2,2H3/b20-16-. The molecule has 0 fully saturated rings. The van der Waals surface area contributed by atoms with Crippen molar-refractivity contribution in [3.05, 3.63) is 82.3 Å². The third-order valence-electron chi connectivity index (χ3n) is 5.33. The lowest BCUT2D eigenvalue weighted by Crippen LogP contribution is -2.22. The third kappa shape index (κ3) is 3.55. The number of allylic oxidation sites excluding steroid dienone is 2. The molecule has 3 heterocycles. The van der Waals surface area contributed by atoms with Crippen molar-refractivity contribution in [2.45, 2.75) is 23.9 Å². The Morgan fingerprint density at radius 1 is 1.26 bits per heavy atom. The second-order valence-electron chi connectivity index (χ2n) is 7.46. The monoisotopic (exact) mass is 486 g/mol. The van der Waals surface area contributed by atoms with Gasteiger partial charge in [0.05, 0.1) is 26.4 Å². The number of aliphatic hydroxyl groups excluding tert-OH is 1. The number of nitriles is 1. The second kappa shape index (κ2) is 8.78. The molecule has 1 unspecified atom stereocenters. The number of hydrogen-bond acceptors (Lipinski definition) is 8. The molecule has 168 valence electrons. The van der Waals surface area contributed by atoms with Gasteiger partial charge in [-0.2, -0.15) is 5.26 Å². The highest BCUT2D eigenvalue weighted by Crippen LogP contribution is 2.33. The largest absolute Gasteiger partial charge is 0.510 e. The maximum absolute atomic E-state index is 13.0. The molecule has 0 aliphatic heterocycles. The molecule has 10 heteroatoms. The van der Waals surface area contributed by atoms with E-state index in [4.69, 9.17) is 0 Å². The maximum Gasteiger partial charge on any atom is 0.263 e. The Morgan fingerprint density at radius 3 is 2.79 bits per heavy atom. The van der Waals surface area contributed by atoms with Gasteiger partial charge in [-0.05, 0) is 31.2 Å². The van der Waals surface area contributed by atoms with E-state index < -0.39 is 5.25 Å². The van der Waals surface area contributed by atoms with Gasteiger partial charge in [0.2, 0.25) is 5.78 Å². The molecule has 0 aliphatic carbocycles. The lowest BCUT2D eigenvalue weighted by Gasteiger charge is -2.12. The number of thiazole rings is 1. The van der Waals surface area contributed by atoms with Crippen LogP contribution in [0.25, 0.3) is 32.5 Å². The molecule has 0 saturated carbocycles. The minimum atomic E-state index is -0.521. The highest BCUT2D eigenvalue weighted by molar-refractivity contribution is 7.99.